The van der Waals surface area contributed by atoms with Crippen molar-refractivity contribution >= 4 is 5.69 Å². The lowest BCUT2D eigenvalue weighted by Gasteiger charge is -2.35. The Balaban J connectivity index is 2.53. The maximum Gasteiger partial charge on any atom is 0.120 e. The Labute approximate surface area is 228 Å². The third-order valence-corrected chi connectivity index (χ3v) is 8.58. The number of hydrogen-bond acceptors (Lipinski definition) is 5. The molecule has 0 bridgehead atoms. The van der Waals surface area contributed by atoms with Gasteiger partial charge in [-0.1, -0.05) is 6.07 Å². The number of rotatable bonds is 23. The van der Waals surface area contributed by atoms with Crippen LogP contribution in [0.5, 0.6) is 5.75 Å². The van der Waals surface area contributed by atoms with E-state index in [9.17, 15) is 0 Å². The lowest BCUT2D eigenvalue weighted by atomic mass is 10.1. The molecule has 7 heteroatoms. The SMILES string of the molecule is CC[N+](CC)(CC)CCOCCOCCN(CCOCC[N+](CC)(CC)CC)c1cc(OC)ccc1C. The fourth-order valence-corrected chi connectivity index (χ4v) is 4.99. The first-order chi connectivity index (χ1) is 17.9. The molecule has 1 aromatic rings. The summed E-state index contributed by atoms with van der Waals surface area (Å²) in [7, 11) is 1.72. The van der Waals surface area contributed by atoms with E-state index >= 15 is 0 Å². The zero-order chi connectivity index (χ0) is 27.6. The van der Waals surface area contributed by atoms with Crippen LogP contribution in [0.4, 0.5) is 5.69 Å². The molecule has 0 atom stereocenters. The molecule has 0 aliphatic heterocycles. The second kappa shape index (κ2) is 18.8. The molecule has 0 fully saturated rings. The van der Waals surface area contributed by atoms with Crippen LogP contribution < -0.4 is 9.64 Å². The van der Waals surface area contributed by atoms with E-state index in [0.29, 0.717) is 26.4 Å². The van der Waals surface area contributed by atoms with Crippen LogP contribution in [0.2, 0.25) is 0 Å². The standard InChI is InChI=1S/C30H59N3O4/c1-9-32(10-2,11-3)19-23-35-21-17-31(30-27-29(34-8)16-15-28(30)7)18-22-36-25-26-37-24-20-33(12-4,13-5)14-6/h15-16,27H,9-14,17-26H2,1-8H3/q+2. The Bertz CT molecular complexity index is 692. The van der Waals surface area contributed by atoms with Crippen molar-refractivity contribution in [1.82, 2.24) is 0 Å². The molecule has 0 saturated carbocycles. The molecule has 1 aromatic carbocycles. The van der Waals surface area contributed by atoms with Gasteiger partial charge in [0.15, 0.2) is 0 Å². The molecule has 0 aromatic heterocycles. The molecule has 0 amide bonds. The van der Waals surface area contributed by atoms with Crippen LogP contribution in [0.1, 0.15) is 47.1 Å². The van der Waals surface area contributed by atoms with Gasteiger partial charge in [-0.2, -0.15) is 0 Å². The largest absolute Gasteiger partial charge is 0.497 e. The van der Waals surface area contributed by atoms with Crippen LogP contribution in [0.15, 0.2) is 18.2 Å². The fraction of sp³-hybridized carbons (Fsp3) is 0.800. The maximum absolute atomic E-state index is 6.12. The molecule has 0 radical (unpaired) electrons. The number of hydrogen-bond donors (Lipinski definition) is 0. The van der Waals surface area contributed by atoms with Crippen LogP contribution in [0.3, 0.4) is 0 Å². The van der Waals surface area contributed by atoms with E-state index in [4.69, 9.17) is 18.9 Å². The average Bonchev–Trinajstić information content (AvgIpc) is 2.94. The van der Waals surface area contributed by atoms with Crippen LogP contribution in [-0.2, 0) is 14.2 Å². The van der Waals surface area contributed by atoms with Gasteiger partial charge in [-0.15, -0.1) is 0 Å². The highest BCUT2D eigenvalue weighted by Crippen LogP contribution is 2.25. The van der Waals surface area contributed by atoms with Gasteiger partial charge < -0.3 is 32.8 Å². The summed E-state index contributed by atoms with van der Waals surface area (Å²) >= 11 is 0. The third-order valence-electron chi connectivity index (χ3n) is 8.58. The number of nitrogens with zero attached hydrogens (tertiary/aromatic N) is 3. The molecule has 0 spiro atoms. The lowest BCUT2D eigenvalue weighted by molar-refractivity contribution is -0.923. The van der Waals surface area contributed by atoms with Crippen molar-refractivity contribution in [2.45, 2.75) is 48.5 Å². The topological polar surface area (TPSA) is 40.2 Å². The number of likely N-dealkylation sites (N-methyl/N-ethyl adjacent to an activating group) is 2. The van der Waals surface area contributed by atoms with Gasteiger partial charge in [0.05, 0.1) is 86.0 Å². The minimum Gasteiger partial charge on any atom is -0.497 e. The minimum atomic E-state index is 0.622. The highest BCUT2D eigenvalue weighted by atomic mass is 16.5. The number of quaternary nitrogens is 2. The van der Waals surface area contributed by atoms with Crippen LogP contribution in [0.25, 0.3) is 0 Å². The molecular weight excluding hydrogens is 466 g/mol. The first-order valence-electron chi connectivity index (χ1n) is 14.7. The summed E-state index contributed by atoms with van der Waals surface area (Å²) in [6, 6.07) is 6.25. The Morgan fingerprint density at radius 2 is 1.05 bits per heavy atom. The van der Waals surface area contributed by atoms with Gasteiger partial charge in [0.25, 0.3) is 0 Å². The van der Waals surface area contributed by atoms with Crippen molar-refractivity contribution in [3.63, 3.8) is 0 Å². The quantitative estimate of drug-likeness (QED) is 0.154. The van der Waals surface area contributed by atoms with Crippen molar-refractivity contribution in [2.75, 3.05) is 117 Å². The average molecular weight is 526 g/mol. The van der Waals surface area contributed by atoms with Crippen molar-refractivity contribution < 1.29 is 27.9 Å². The highest BCUT2D eigenvalue weighted by Gasteiger charge is 2.21. The van der Waals surface area contributed by atoms with Gasteiger partial charge in [-0.05, 0) is 60.1 Å². The van der Waals surface area contributed by atoms with E-state index in [-0.39, 0.29) is 0 Å². The van der Waals surface area contributed by atoms with Crippen molar-refractivity contribution in [3.8, 4) is 5.75 Å². The Morgan fingerprint density at radius 1 is 0.622 bits per heavy atom. The van der Waals surface area contributed by atoms with Crippen LogP contribution in [0, 0.1) is 6.92 Å². The molecule has 0 heterocycles. The van der Waals surface area contributed by atoms with Crippen molar-refractivity contribution in [3.05, 3.63) is 23.8 Å². The minimum absolute atomic E-state index is 0.622. The molecule has 0 N–H and O–H groups in total. The Hall–Kier alpha value is -1.38. The number of ether oxygens (including phenoxy) is 4. The van der Waals surface area contributed by atoms with Crippen LogP contribution >= 0.6 is 0 Å². The van der Waals surface area contributed by atoms with Gasteiger partial charge >= 0.3 is 0 Å². The van der Waals surface area contributed by atoms with E-state index in [1.807, 2.05) is 6.07 Å². The molecule has 0 unspecified atom stereocenters. The third kappa shape index (κ3) is 11.5. The maximum atomic E-state index is 6.12. The zero-order valence-corrected chi connectivity index (χ0v) is 25.5. The fourth-order valence-electron chi connectivity index (χ4n) is 4.99. The molecule has 0 saturated heterocycles. The molecule has 0 aliphatic rings. The van der Waals surface area contributed by atoms with Crippen molar-refractivity contribution in [2.24, 2.45) is 0 Å². The highest BCUT2D eigenvalue weighted by molar-refractivity contribution is 5.56. The van der Waals surface area contributed by atoms with E-state index in [1.165, 1.54) is 11.3 Å². The number of methoxy groups -OCH3 is 1. The van der Waals surface area contributed by atoms with Gasteiger partial charge in [0.1, 0.15) is 18.8 Å². The van der Waals surface area contributed by atoms with Crippen molar-refractivity contribution in [1.29, 1.82) is 0 Å². The first-order valence-corrected chi connectivity index (χ1v) is 14.7. The summed E-state index contributed by atoms with van der Waals surface area (Å²) in [6.45, 7) is 30.7. The predicted molar refractivity (Wildman–Crippen MR) is 156 cm³/mol. The molecule has 0 aliphatic carbocycles. The van der Waals surface area contributed by atoms with Gasteiger partial charge in [-0.25, -0.2) is 0 Å². The van der Waals surface area contributed by atoms with Gasteiger partial charge in [0, 0.05) is 24.8 Å². The first kappa shape index (κ1) is 33.6. The molecule has 37 heavy (non-hydrogen) atoms. The second-order valence-electron chi connectivity index (χ2n) is 10.0. The van der Waals surface area contributed by atoms with E-state index in [1.54, 1.807) is 7.11 Å². The summed E-state index contributed by atoms with van der Waals surface area (Å²) in [4.78, 5) is 2.36. The summed E-state index contributed by atoms with van der Waals surface area (Å²) in [5.74, 6) is 0.873. The Kier molecular flexibility index (Phi) is 17.1. The Morgan fingerprint density at radius 3 is 1.49 bits per heavy atom. The van der Waals surface area contributed by atoms with E-state index in [2.05, 4.69) is 65.5 Å². The van der Waals surface area contributed by atoms with Crippen LogP contribution in [-0.4, -0.2) is 121 Å². The smallest absolute Gasteiger partial charge is 0.120 e. The molecular formula is C30H59N3O4+2. The lowest BCUT2D eigenvalue weighted by Crippen LogP contribution is -2.49. The summed E-state index contributed by atoms with van der Waals surface area (Å²) < 4.78 is 25.7. The zero-order valence-electron chi connectivity index (χ0n) is 25.5. The number of anilines is 1. The number of benzene rings is 1. The summed E-state index contributed by atoms with van der Waals surface area (Å²) in [5, 5.41) is 0. The van der Waals surface area contributed by atoms with E-state index in [0.717, 1.165) is 93.4 Å². The van der Waals surface area contributed by atoms with Gasteiger partial charge in [-0.3, -0.25) is 0 Å². The second-order valence-corrected chi connectivity index (χ2v) is 10.0. The summed E-state index contributed by atoms with van der Waals surface area (Å²) in [5.41, 5.74) is 2.41. The summed E-state index contributed by atoms with van der Waals surface area (Å²) in [6.07, 6.45) is 0. The van der Waals surface area contributed by atoms with E-state index < -0.39 is 0 Å². The molecule has 1 rings (SSSR count). The predicted octanol–water partition coefficient (Wildman–Crippen LogP) is 4.61. The molecule has 216 valence electrons. The van der Waals surface area contributed by atoms with Gasteiger partial charge in [0.2, 0.25) is 0 Å². The normalized spacial score (nSPS) is 12.2. The monoisotopic (exact) mass is 525 g/mol. The molecule has 7 nitrogen and oxygen atoms in total. The number of aryl methyl sites for hydroxylation is 1.